The zero-order valence-electron chi connectivity index (χ0n) is 36.9. The van der Waals surface area contributed by atoms with Gasteiger partial charge in [0.2, 0.25) is 0 Å². The summed E-state index contributed by atoms with van der Waals surface area (Å²) in [5.74, 6) is 0.557. The molecule has 5 aromatic rings. The molecule has 1 spiro atoms. The van der Waals surface area contributed by atoms with E-state index in [4.69, 9.17) is 0 Å². The summed E-state index contributed by atoms with van der Waals surface area (Å²) in [6.07, 6.45) is 24.0. The van der Waals surface area contributed by atoms with Crippen LogP contribution in [-0.2, 0) is 11.0 Å². The van der Waals surface area contributed by atoms with Crippen LogP contribution in [0.4, 0.5) is 11.4 Å². The van der Waals surface area contributed by atoms with E-state index in [0.717, 1.165) is 12.8 Å². The lowest BCUT2D eigenvalue weighted by molar-refractivity contribution is 0.248. The molecule has 59 heavy (non-hydrogen) atoms. The summed E-state index contributed by atoms with van der Waals surface area (Å²) in [6.45, 7) is 11.6. The quantitative estimate of drug-likeness (QED) is 0.0711. The van der Waals surface area contributed by atoms with Crippen molar-refractivity contribution < 1.29 is 0 Å². The van der Waals surface area contributed by atoms with Crippen LogP contribution in [0.15, 0.2) is 140 Å². The van der Waals surface area contributed by atoms with Gasteiger partial charge in [-0.2, -0.15) is 0 Å². The molecule has 8 rings (SSSR count). The number of hydrogen-bond donors (Lipinski definition) is 0. The Bertz CT molecular complexity index is 2160. The van der Waals surface area contributed by atoms with Gasteiger partial charge in [0.25, 0.3) is 0 Å². The fraction of sp³-hybridized carbons (Fsp3) is 0.414. The van der Waals surface area contributed by atoms with Gasteiger partial charge in [0.15, 0.2) is 0 Å². The van der Waals surface area contributed by atoms with Crippen LogP contribution in [0.5, 0.6) is 0 Å². The molecule has 1 nitrogen and oxygen atoms in total. The summed E-state index contributed by atoms with van der Waals surface area (Å²) in [5.41, 5.74) is 16.0. The minimum Gasteiger partial charge on any atom is -0.331 e. The molecule has 0 radical (unpaired) electrons. The van der Waals surface area contributed by atoms with Crippen molar-refractivity contribution in [3.63, 3.8) is 0 Å². The zero-order chi connectivity index (χ0) is 40.9. The lowest BCUT2D eigenvalue weighted by Crippen LogP contribution is -2.43. The van der Waals surface area contributed by atoms with Gasteiger partial charge in [0, 0.05) is 22.2 Å². The predicted molar refractivity (Wildman–Crippen MR) is 255 cm³/mol. The topological polar surface area (TPSA) is 3.24 Å². The van der Waals surface area contributed by atoms with Crippen molar-refractivity contribution in [2.45, 2.75) is 142 Å². The average molecular weight is 780 g/mol. The van der Waals surface area contributed by atoms with E-state index in [1.54, 1.807) is 22.3 Å². The van der Waals surface area contributed by atoms with E-state index in [9.17, 15) is 0 Å². The fourth-order valence-corrected chi connectivity index (χ4v) is 11.8. The van der Waals surface area contributed by atoms with Gasteiger partial charge in [-0.05, 0) is 120 Å². The number of nitrogens with zero attached hydrogens (tertiary/aromatic N) is 1. The lowest BCUT2D eigenvalue weighted by Gasteiger charge is -2.46. The number of para-hydroxylation sites is 2. The van der Waals surface area contributed by atoms with Gasteiger partial charge in [0.05, 0.1) is 5.54 Å². The molecule has 0 heterocycles. The summed E-state index contributed by atoms with van der Waals surface area (Å²) >= 11 is 0. The van der Waals surface area contributed by atoms with E-state index in [1.165, 1.54) is 123 Å². The van der Waals surface area contributed by atoms with Gasteiger partial charge < -0.3 is 4.90 Å². The smallest absolute Gasteiger partial charge is 0.0699 e. The molecular weight excluding hydrogens is 711 g/mol. The van der Waals surface area contributed by atoms with E-state index in [2.05, 4.69) is 179 Å². The summed E-state index contributed by atoms with van der Waals surface area (Å²) < 4.78 is 0. The van der Waals surface area contributed by atoms with Crippen molar-refractivity contribution in [1.29, 1.82) is 0 Å². The molecule has 3 unspecified atom stereocenters. The van der Waals surface area contributed by atoms with Gasteiger partial charge in [0.1, 0.15) is 0 Å². The highest BCUT2D eigenvalue weighted by Gasteiger charge is 2.72. The number of hydrogen-bond acceptors (Lipinski definition) is 1. The first kappa shape index (κ1) is 41.1. The molecule has 3 aliphatic rings. The molecule has 1 saturated carbocycles. The molecule has 0 N–H and O–H groups in total. The first-order chi connectivity index (χ1) is 29.0. The number of allylic oxidation sites excluding steroid dienone is 4. The molecule has 1 heteroatoms. The molecule has 0 bridgehead atoms. The molecular formula is C58H69N. The van der Waals surface area contributed by atoms with Crippen LogP contribution in [0.25, 0.3) is 22.3 Å². The SMILES string of the molecule is CCCCCCC1(CCCCCC)c2cc(-c3ccc(C)cc3)ccc2C2=CC=C(c3ccc(C(CC)(CCCC)N(c4ccccc4)c4ccccc4)cc3)C3CC231. The molecule has 306 valence electrons. The highest BCUT2D eigenvalue weighted by molar-refractivity contribution is 5.94. The third kappa shape index (κ3) is 7.47. The molecule has 3 aliphatic carbocycles. The van der Waals surface area contributed by atoms with Crippen LogP contribution in [0.2, 0.25) is 0 Å². The Balaban J connectivity index is 1.20. The Kier molecular flexibility index (Phi) is 12.5. The van der Waals surface area contributed by atoms with E-state index < -0.39 is 0 Å². The number of anilines is 2. The molecule has 0 amide bonds. The van der Waals surface area contributed by atoms with Crippen molar-refractivity contribution in [3.8, 4) is 11.1 Å². The largest absolute Gasteiger partial charge is 0.331 e. The van der Waals surface area contributed by atoms with Crippen LogP contribution in [-0.4, -0.2) is 0 Å². The maximum atomic E-state index is 2.66. The standard InChI is InChI=1S/C58H69N/c1-6-10-13-21-39-56(40-22-14-11-7-2)54-42-47(45-29-27-44(5)28-30-45)33-36-52(54)53-38-37-51(55-43-58(53,55)56)46-31-34-48(35-32-46)57(9-4,41-12-8-3)59(49-23-17-15-18-24-49)50-25-19-16-20-26-50/h15-20,23-38,42,55H,6-14,21-22,39-41,43H2,1-5H3. The van der Waals surface area contributed by atoms with E-state index in [0.29, 0.717) is 5.92 Å². The maximum Gasteiger partial charge on any atom is 0.0699 e. The van der Waals surface area contributed by atoms with Crippen LogP contribution in [0.3, 0.4) is 0 Å². The molecule has 1 fully saturated rings. The first-order valence-electron chi connectivity index (χ1n) is 23.6. The van der Waals surface area contributed by atoms with E-state index in [-0.39, 0.29) is 16.4 Å². The van der Waals surface area contributed by atoms with Crippen molar-refractivity contribution in [3.05, 3.63) is 167 Å². The highest BCUT2D eigenvalue weighted by Crippen LogP contribution is 2.81. The van der Waals surface area contributed by atoms with Crippen LogP contribution < -0.4 is 4.90 Å². The van der Waals surface area contributed by atoms with Gasteiger partial charge in [-0.25, -0.2) is 0 Å². The van der Waals surface area contributed by atoms with Gasteiger partial charge in [-0.3, -0.25) is 0 Å². The summed E-state index contributed by atoms with van der Waals surface area (Å²) in [5, 5.41) is 0. The number of aryl methyl sites for hydroxylation is 1. The summed E-state index contributed by atoms with van der Waals surface area (Å²) in [4.78, 5) is 2.65. The van der Waals surface area contributed by atoms with Gasteiger partial charge in [-0.15, -0.1) is 0 Å². The van der Waals surface area contributed by atoms with Crippen molar-refractivity contribution in [2.24, 2.45) is 11.3 Å². The minimum atomic E-state index is -0.166. The number of fused-ring (bicyclic) bond motifs is 2. The first-order valence-corrected chi connectivity index (χ1v) is 23.6. The Hall–Kier alpha value is -4.62. The second kappa shape index (κ2) is 17.9. The second-order valence-corrected chi connectivity index (χ2v) is 18.3. The molecule has 0 aliphatic heterocycles. The lowest BCUT2D eigenvalue weighted by atomic mass is 9.62. The van der Waals surface area contributed by atoms with Crippen LogP contribution in [0, 0.1) is 18.3 Å². The van der Waals surface area contributed by atoms with E-state index >= 15 is 0 Å². The van der Waals surface area contributed by atoms with Gasteiger partial charge in [-0.1, -0.05) is 207 Å². The number of unbranched alkanes of at least 4 members (excludes halogenated alkanes) is 7. The monoisotopic (exact) mass is 780 g/mol. The normalized spacial score (nSPS) is 19.5. The number of rotatable bonds is 20. The molecule has 0 saturated heterocycles. The summed E-state index contributed by atoms with van der Waals surface area (Å²) in [7, 11) is 0. The average Bonchev–Trinajstić information content (AvgIpc) is 4.01. The van der Waals surface area contributed by atoms with Crippen LogP contribution >= 0.6 is 0 Å². The second-order valence-electron chi connectivity index (χ2n) is 18.3. The van der Waals surface area contributed by atoms with E-state index in [1.807, 2.05) is 0 Å². The maximum absolute atomic E-state index is 2.66. The third-order valence-corrected chi connectivity index (χ3v) is 15.0. The Morgan fingerprint density at radius 1 is 0.576 bits per heavy atom. The zero-order valence-corrected chi connectivity index (χ0v) is 36.9. The third-order valence-electron chi connectivity index (χ3n) is 15.0. The van der Waals surface area contributed by atoms with Crippen molar-refractivity contribution >= 4 is 22.5 Å². The Morgan fingerprint density at radius 3 is 1.73 bits per heavy atom. The Labute approximate surface area is 357 Å². The highest BCUT2D eigenvalue weighted by atomic mass is 15.2. The summed E-state index contributed by atoms with van der Waals surface area (Å²) in [6, 6.07) is 49.0. The number of benzene rings is 5. The Morgan fingerprint density at radius 2 is 1.15 bits per heavy atom. The molecule has 0 aromatic heterocycles. The minimum absolute atomic E-state index is 0.166. The predicted octanol–water partition coefficient (Wildman–Crippen LogP) is 17.0. The fourth-order valence-electron chi connectivity index (χ4n) is 11.8. The van der Waals surface area contributed by atoms with Gasteiger partial charge >= 0.3 is 0 Å². The van der Waals surface area contributed by atoms with Crippen molar-refractivity contribution in [1.82, 2.24) is 0 Å². The molecule has 5 aromatic carbocycles. The molecule has 3 atom stereocenters. The van der Waals surface area contributed by atoms with Crippen LogP contribution in [0.1, 0.15) is 152 Å². The van der Waals surface area contributed by atoms with Crippen molar-refractivity contribution in [2.75, 3.05) is 4.90 Å².